The standard InChI is InChI=1S/C7H15N3O4S/c1-15(13,14)5-4-10-7(12)6(11)9-3-2-8/h2-5,8H2,1H3,(H,9,11)(H,10,12). The quantitative estimate of drug-likeness (QED) is 0.447. The molecule has 0 spiro atoms. The van der Waals surface area contributed by atoms with Crippen LogP contribution < -0.4 is 16.4 Å². The van der Waals surface area contributed by atoms with E-state index in [4.69, 9.17) is 5.73 Å². The largest absolute Gasteiger partial charge is 0.347 e. The Hall–Kier alpha value is -1.15. The molecule has 0 heterocycles. The van der Waals surface area contributed by atoms with Crippen LogP contribution in [0.4, 0.5) is 0 Å². The summed E-state index contributed by atoms with van der Waals surface area (Å²) in [6.07, 6.45) is 1.05. The molecule has 0 aliphatic rings. The van der Waals surface area contributed by atoms with E-state index in [1.165, 1.54) is 0 Å². The third-order valence-corrected chi connectivity index (χ3v) is 2.34. The lowest BCUT2D eigenvalue weighted by atomic mass is 10.5. The molecule has 88 valence electrons. The maximum atomic E-state index is 11.0. The molecule has 2 amide bonds. The number of nitrogens with two attached hydrogens (primary N) is 1. The average Bonchev–Trinajstić information content (AvgIpc) is 2.11. The van der Waals surface area contributed by atoms with Crippen LogP contribution in [0.25, 0.3) is 0 Å². The monoisotopic (exact) mass is 237 g/mol. The first-order valence-corrected chi connectivity index (χ1v) is 6.36. The van der Waals surface area contributed by atoms with Crippen molar-refractivity contribution >= 4 is 21.7 Å². The van der Waals surface area contributed by atoms with Crippen molar-refractivity contribution in [2.24, 2.45) is 5.73 Å². The lowest BCUT2D eigenvalue weighted by molar-refractivity contribution is -0.139. The van der Waals surface area contributed by atoms with E-state index < -0.39 is 21.7 Å². The van der Waals surface area contributed by atoms with Gasteiger partial charge in [0.15, 0.2) is 0 Å². The fraction of sp³-hybridized carbons (Fsp3) is 0.714. The number of sulfone groups is 1. The first kappa shape index (κ1) is 13.8. The van der Waals surface area contributed by atoms with Crippen LogP contribution in [0.1, 0.15) is 0 Å². The maximum absolute atomic E-state index is 11.0. The average molecular weight is 237 g/mol. The van der Waals surface area contributed by atoms with Crippen molar-refractivity contribution < 1.29 is 18.0 Å². The van der Waals surface area contributed by atoms with Crippen LogP contribution in [-0.4, -0.2) is 51.9 Å². The molecule has 0 rings (SSSR count). The van der Waals surface area contributed by atoms with Gasteiger partial charge in [-0.1, -0.05) is 0 Å². The molecule has 0 aromatic carbocycles. The highest BCUT2D eigenvalue weighted by atomic mass is 32.2. The van der Waals surface area contributed by atoms with E-state index in [0.717, 1.165) is 6.26 Å². The highest BCUT2D eigenvalue weighted by molar-refractivity contribution is 7.90. The summed E-state index contributed by atoms with van der Waals surface area (Å²) in [6.45, 7) is 0.369. The number of rotatable bonds is 5. The molecule has 7 nitrogen and oxygen atoms in total. The smallest absolute Gasteiger partial charge is 0.309 e. The van der Waals surface area contributed by atoms with Gasteiger partial charge in [0.2, 0.25) is 0 Å². The van der Waals surface area contributed by atoms with Gasteiger partial charge in [-0.15, -0.1) is 0 Å². The first-order chi connectivity index (χ1) is 6.87. The lowest BCUT2D eigenvalue weighted by Gasteiger charge is -2.04. The van der Waals surface area contributed by atoms with Crippen LogP contribution in [0.3, 0.4) is 0 Å². The van der Waals surface area contributed by atoms with E-state index in [-0.39, 0.29) is 25.4 Å². The van der Waals surface area contributed by atoms with Crippen LogP contribution in [0.2, 0.25) is 0 Å². The molecule has 0 saturated carbocycles. The zero-order valence-electron chi connectivity index (χ0n) is 8.45. The van der Waals surface area contributed by atoms with Gasteiger partial charge >= 0.3 is 11.8 Å². The Morgan fingerprint density at radius 3 is 2.00 bits per heavy atom. The van der Waals surface area contributed by atoms with Crippen molar-refractivity contribution in [3.05, 3.63) is 0 Å². The van der Waals surface area contributed by atoms with E-state index in [1.54, 1.807) is 0 Å². The summed E-state index contributed by atoms with van der Waals surface area (Å²) >= 11 is 0. The molecular weight excluding hydrogens is 222 g/mol. The minimum atomic E-state index is -3.13. The van der Waals surface area contributed by atoms with Gasteiger partial charge in [0.05, 0.1) is 5.75 Å². The molecule has 0 atom stereocenters. The molecule has 4 N–H and O–H groups in total. The normalized spacial score (nSPS) is 10.8. The molecule has 15 heavy (non-hydrogen) atoms. The molecule has 8 heteroatoms. The Kier molecular flexibility index (Phi) is 5.87. The van der Waals surface area contributed by atoms with Crippen LogP contribution in [0, 0.1) is 0 Å². The van der Waals surface area contributed by atoms with E-state index >= 15 is 0 Å². The minimum absolute atomic E-state index is 0.0757. The molecule has 0 aromatic rings. The Balaban J connectivity index is 3.79. The molecule has 0 fully saturated rings. The highest BCUT2D eigenvalue weighted by Gasteiger charge is 2.12. The van der Waals surface area contributed by atoms with Gasteiger partial charge in [-0.25, -0.2) is 8.42 Å². The van der Waals surface area contributed by atoms with E-state index in [9.17, 15) is 18.0 Å². The third kappa shape index (κ3) is 7.89. The van der Waals surface area contributed by atoms with Crippen molar-refractivity contribution in [1.29, 1.82) is 0 Å². The summed E-state index contributed by atoms with van der Waals surface area (Å²) in [4.78, 5) is 21.9. The van der Waals surface area contributed by atoms with E-state index in [1.807, 2.05) is 0 Å². The third-order valence-electron chi connectivity index (χ3n) is 1.39. The molecule has 0 unspecified atom stereocenters. The van der Waals surface area contributed by atoms with Crippen molar-refractivity contribution in [3.8, 4) is 0 Å². The Labute approximate surface area is 88.3 Å². The molecule has 0 bridgehead atoms. The number of nitrogens with one attached hydrogen (secondary N) is 2. The number of amides is 2. The summed E-state index contributed by atoms with van der Waals surface area (Å²) in [5.74, 6) is -1.86. The van der Waals surface area contributed by atoms with Crippen molar-refractivity contribution in [1.82, 2.24) is 10.6 Å². The fourth-order valence-electron chi connectivity index (χ4n) is 0.696. The molecule has 0 aromatic heterocycles. The second-order valence-electron chi connectivity index (χ2n) is 2.93. The Morgan fingerprint density at radius 2 is 1.60 bits per heavy atom. The molecule has 0 saturated heterocycles. The Bertz CT molecular complexity index is 325. The number of carbonyl (C=O) groups is 2. The summed E-state index contributed by atoms with van der Waals surface area (Å²) in [7, 11) is -3.13. The fourth-order valence-corrected chi connectivity index (χ4v) is 1.17. The summed E-state index contributed by atoms with van der Waals surface area (Å²) in [6, 6.07) is 0. The maximum Gasteiger partial charge on any atom is 0.309 e. The van der Waals surface area contributed by atoms with Crippen molar-refractivity contribution in [2.45, 2.75) is 0 Å². The number of hydrogen-bond donors (Lipinski definition) is 3. The van der Waals surface area contributed by atoms with E-state index in [0.29, 0.717) is 0 Å². The van der Waals surface area contributed by atoms with Gasteiger partial charge in [0.1, 0.15) is 9.84 Å². The van der Waals surface area contributed by atoms with Gasteiger partial charge in [-0.2, -0.15) is 0 Å². The molecular formula is C7H15N3O4S. The topological polar surface area (TPSA) is 118 Å². The zero-order chi connectivity index (χ0) is 11.9. The number of carbonyl (C=O) groups excluding carboxylic acids is 2. The lowest BCUT2D eigenvalue weighted by Crippen LogP contribution is -2.42. The number of hydrogen-bond acceptors (Lipinski definition) is 5. The van der Waals surface area contributed by atoms with Gasteiger partial charge in [0.25, 0.3) is 0 Å². The SMILES string of the molecule is CS(=O)(=O)CCNC(=O)C(=O)NCCN. The summed E-state index contributed by atoms with van der Waals surface area (Å²) in [5.41, 5.74) is 5.11. The highest BCUT2D eigenvalue weighted by Crippen LogP contribution is 1.79. The van der Waals surface area contributed by atoms with Gasteiger partial charge < -0.3 is 16.4 Å². The zero-order valence-corrected chi connectivity index (χ0v) is 9.26. The minimum Gasteiger partial charge on any atom is -0.347 e. The second kappa shape index (κ2) is 6.36. The predicted molar refractivity (Wildman–Crippen MR) is 54.8 cm³/mol. The second-order valence-corrected chi connectivity index (χ2v) is 5.19. The summed E-state index contributed by atoms with van der Waals surface area (Å²) < 4.78 is 21.4. The van der Waals surface area contributed by atoms with Gasteiger partial charge in [0, 0.05) is 25.9 Å². The van der Waals surface area contributed by atoms with E-state index in [2.05, 4.69) is 10.6 Å². The van der Waals surface area contributed by atoms with Gasteiger partial charge in [-0.05, 0) is 0 Å². The molecule has 0 aliphatic heterocycles. The predicted octanol–water partition coefficient (Wildman–Crippen LogP) is -2.78. The van der Waals surface area contributed by atoms with Crippen LogP contribution in [0.5, 0.6) is 0 Å². The van der Waals surface area contributed by atoms with Crippen molar-refractivity contribution in [2.75, 3.05) is 31.6 Å². The van der Waals surface area contributed by atoms with Gasteiger partial charge in [-0.3, -0.25) is 9.59 Å². The summed E-state index contributed by atoms with van der Waals surface area (Å²) in [5, 5.41) is 4.43. The first-order valence-electron chi connectivity index (χ1n) is 4.30. The Morgan fingerprint density at radius 1 is 1.13 bits per heavy atom. The van der Waals surface area contributed by atoms with Crippen LogP contribution in [0.15, 0.2) is 0 Å². The van der Waals surface area contributed by atoms with Crippen LogP contribution >= 0.6 is 0 Å². The molecule has 0 radical (unpaired) electrons. The van der Waals surface area contributed by atoms with Crippen LogP contribution in [-0.2, 0) is 19.4 Å². The van der Waals surface area contributed by atoms with Crippen molar-refractivity contribution in [3.63, 3.8) is 0 Å². The molecule has 0 aliphatic carbocycles.